The molecule has 9 nitrogen and oxygen atoms in total. The lowest BCUT2D eigenvalue weighted by atomic mass is 10.00. The summed E-state index contributed by atoms with van der Waals surface area (Å²) < 4.78 is 20.8. The number of rotatable bonds is 4. The quantitative estimate of drug-likeness (QED) is 0.497. The van der Waals surface area contributed by atoms with Gasteiger partial charge < -0.3 is 24.1 Å². The van der Waals surface area contributed by atoms with Crippen LogP contribution in [0.4, 0.5) is 10.5 Å². The highest BCUT2D eigenvalue weighted by Gasteiger charge is 2.52. The fourth-order valence-corrected chi connectivity index (χ4v) is 2.66. The van der Waals surface area contributed by atoms with Gasteiger partial charge in [-0.15, -0.1) is 0 Å². The third-order valence-corrected chi connectivity index (χ3v) is 3.81. The van der Waals surface area contributed by atoms with Crippen molar-refractivity contribution in [3.05, 3.63) is 39.9 Å². The van der Waals surface area contributed by atoms with Crippen molar-refractivity contribution in [3.63, 3.8) is 0 Å². The van der Waals surface area contributed by atoms with Crippen LogP contribution >= 0.6 is 0 Å². The lowest BCUT2D eigenvalue weighted by Crippen LogP contribution is -2.55. The SMILES string of the molecule is C[C@H]1O[C@@H](OCc2ccccc2[N+](=O)[O-])[C@H](O)[C@H]2OC(=O)O[C@H]21. The second-order valence-corrected chi connectivity index (χ2v) is 5.31. The Balaban J connectivity index is 1.69. The Hall–Kier alpha value is -2.23. The number of benzene rings is 1. The van der Waals surface area contributed by atoms with E-state index in [2.05, 4.69) is 0 Å². The predicted molar refractivity (Wildman–Crippen MR) is 73.4 cm³/mol. The van der Waals surface area contributed by atoms with Crippen LogP contribution in [0.5, 0.6) is 0 Å². The first-order chi connectivity index (χ1) is 11.0. The van der Waals surface area contributed by atoms with E-state index in [0.717, 1.165) is 0 Å². The van der Waals surface area contributed by atoms with Gasteiger partial charge in [-0.3, -0.25) is 10.1 Å². The number of fused-ring (bicyclic) bond motifs is 1. The van der Waals surface area contributed by atoms with Crippen LogP contribution < -0.4 is 0 Å². The molecule has 0 bridgehead atoms. The van der Waals surface area contributed by atoms with E-state index in [-0.39, 0.29) is 12.3 Å². The summed E-state index contributed by atoms with van der Waals surface area (Å²) in [6, 6.07) is 6.12. The fourth-order valence-electron chi connectivity index (χ4n) is 2.66. The zero-order chi connectivity index (χ0) is 16.6. The molecule has 0 spiro atoms. The predicted octanol–water partition coefficient (Wildman–Crippen LogP) is 1.12. The summed E-state index contributed by atoms with van der Waals surface area (Å²) in [5.41, 5.74) is 0.266. The molecule has 2 fully saturated rings. The molecule has 0 unspecified atom stereocenters. The standard InChI is InChI=1S/C14H15NO8/c1-7-11-12(23-14(17)22-11)10(16)13(21-7)20-6-8-4-2-3-5-9(8)15(18)19/h2-5,7,10-13,16H,6H2,1H3/t7-,10-,11+,12-,13-/m1/s1. The lowest BCUT2D eigenvalue weighted by molar-refractivity contribution is -0.386. The minimum Gasteiger partial charge on any atom is -0.424 e. The van der Waals surface area contributed by atoms with E-state index in [0.29, 0.717) is 5.56 Å². The first-order valence-corrected chi connectivity index (χ1v) is 7.02. The van der Waals surface area contributed by atoms with Crippen molar-refractivity contribution in [1.29, 1.82) is 0 Å². The summed E-state index contributed by atoms with van der Waals surface area (Å²) in [6.07, 6.45) is -5.32. The van der Waals surface area contributed by atoms with Gasteiger partial charge in [0, 0.05) is 6.07 Å². The maximum Gasteiger partial charge on any atom is 0.509 e. The van der Waals surface area contributed by atoms with E-state index in [1.165, 1.54) is 6.07 Å². The number of hydrogen-bond acceptors (Lipinski definition) is 8. The molecule has 23 heavy (non-hydrogen) atoms. The number of hydrogen-bond donors (Lipinski definition) is 1. The first-order valence-electron chi connectivity index (χ1n) is 7.02. The Labute approximate surface area is 130 Å². The molecule has 5 atom stereocenters. The van der Waals surface area contributed by atoms with Gasteiger partial charge in [0.25, 0.3) is 5.69 Å². The van der Waals surface area contributed by atoms with Crippen LogP contribution in [0.15, 0.2) is 24.3 Å². The molecule has 124 valence electrons. The van der Waals surface area contributed by atoms with E-state index >= 15 is 0 Å². The van der Waals surface area contributed by atoms with Crippen LogP contribution in [0.1, 0.15) is 12.5 Å². The van der Waals surface area contributed by atoms with Gasteiger partial charge in [0.2, 0.25) is 0 Å². The normalized spacial score (nSPS) is 32.8. The summed E-state index contributed by atoms with van der Waals surface area (Å²) in [4.78, 5) is 21.6. The Morgan fingerprint density at radius 3 is 2.74 bits per heavy atom. The second kappa shape index (κ2) is 6.11. The average molecular weight is 325 g/mol. The average Bonchev–Trinajstić information content (AvgIpc) is 2.92. The van der Waals surface area contributed by atoms with Gasteiger partial charge in [0.15, 0.2) is 18.5 Å². The molecule has 0 radical (unpaired) electrons. The zero-order valence-electron chi connectivity index (χ0n) is 12.2. The number of para-hydroxylation sites is 1. The zero-order valence-corrected chi connectivity index (χ0v) is 12.2. The number of nitro groups is 1. The highest BCUT2D eigenvalue weighted by atomic mass is 16.8. The summed E-state index contributed by atoms with van der Waals surface area (Å²) in [7, 11) is 0. The minimum absolute atomic E-state index is 0.0839. The summed E-state index contributed by atoms with van der Waals surface area (Å²) in [6.45, 7) is 1.53. The first kappa shape index (κ1) is 15.7. The van der Waals surface area contributed by atoms with Gasteiger partial charge in [-0.1, -0.05) is 12.1 Å². The van der Waals surface area contributed by atoms with Gasteiger partial charge in [-0.25, -0.2) is 4.79 Å². The molecular weight excluding hydrogens is 310 g/mol. The summed E-state index contributed by atoms with van der Waals surface area (Å²) in [5.74, 6) is 0. The van der Waals surface area contributed by atoms with Crippen molar-refractivity contribution in [3.8, 4) is 0 Å². The molecular formula is C14H15NO8. The third-order valence-electron chi connectivity index (χ3n) is 3.81. The van der Waals surface area contributed by atoms with Crippen LogP contribution in [-0.4, -0.2) is 46.9 Å². The number of nitro benzene ring substituents is 1. The maximum absolute atomic E-state index is 11.2. The van der Waals surface area contributed by atoms with Gasteiger partial charge in [-0.05, 0) is 13.0 Å². The summed E-state index contributed by atoms with van der Waals surface area (Å²) >= 11 is 0. The maximum atomic E-state index is 11.2. The third kappa shape index (κ3) is 2.98. The molecule has 9 heteroatoms. The Kier molecular flexibility index (Phi) is 4.16. The molecule has 1 aromatic rings. The van der Waals surface area contributed by atoms with Crippen molar-refractivity contribution in [2.45, 2.75) is 44.2 Å². The monoisotopic (exact) mass is 325 g/mol. The van der Waals surface area contributed by atoms with Gasteiger partial charge in [0.05, 0.1) is 23.2 Å². The van der Waals surface area contributed by atoms with Crippen LogP contribution in [0, 0.1) is 10.1 Å². The molecule has 2 aliphatic rings. The molecule has 2 saturated heterocycles. The number of carbonyl (C=O) groups is 1. The Morgan fingerprint density at radius 1 is 1.30 bits per heavy atom. The molecule has 1 aromatic carbocycles. The number of carbonyl (C=O) groups excluding carboxylic acids is 1. The molecule has 0 saturated carbocycles. The minimum atomic E-state index is -1.24. The van der Waals surface area contributed by atoms with Gasteiger partial charge in [0.1, 0.15) is 6.10 Å². The van der Waals surface area contributed by atoms with Crippen molar-refractivity contribution in [1.82, 2.24) is 0 Å². The van der Waals surface area contributed by atoms with Crippen LogP contribution in [0.2, 0.25) is 0 Å². The van der Waals surface area contributed by atoms with E-state index in [1.807, 2.05) is 0 Å². The topological polar surface area (TPSA) is 117 Å². The largest absolute Gasteiger partial charge is 0.509 e. The van der Waals surface area contributed by atoms with E-state index in [9.17, 15) is 20.0 Å². The van der Waals surface area contributed by atoms with Crippen molar-refractivity contribution < 1.29 is 33.8 Å². The van der Waals surface area contributed by atoms with Crippen molar-refractivity contribution >= 4 is 11.8 Å². The van der Waals surface area contributed by atoms with E-state index in [1.54, 1.807) is 25.1 Å². The molecule has 2 heterocycles. The number of nitrogens with zero attached hydrogens (tertiary/aromatic N) is 1. The van der Waals surface area contributed by atoms with Crippen molar-refractivity contribution in [2.75, 3.05) is 0 Å². The number of aliphatic hydroxyl groups is 1. The van der Waals surface area contributed by atoms with Crippen LogP contribution in [-0.2, 0) is 25.6 Å². The van der Waals surface area contributed by atoms with Crippen LogP contribution in [0.3, 0.4) is 0 Å². The molecule has 0 aliphatic carbocycles. The molecule has 2 aliphatic heterocycles. The molecule has 1 N–H and O–H groups in total. The molecule has 0 aromatic heterocycles. The highest BCUT2D eigenvalue weighted by molar-refractivity contribution is 5.63. The van der Waals surface area contributed by atoms with Crippen LogP contribution in [0.25, 0.3) is 0 Å². The highest BCUT2D eigenvalue weighted by Crippen LogP contribution is 2.31. The fraction of sp³-hybridized carbons (Fsp3) is 0.500. The smallest absolute Gasteiger partial charge is 0.424 e. The Morgan fingerprint density at radius 2 is 2.00 bits per heavy atom. The number of ether oxygens (including phenoxy) is 4. The number of aliphatic hydroxyl groups excluding tert-OH is 1. The van der Waals surface area contributed by atoms with E-state index in [4.69, 9.17) is 18.9 Å². The second-order valence-electron chi connectivity index (χ2n) is 5.31. The van der Waals surface area contributed by atoms with Gasteiger partial charge in [-0.2, -0.15) is 0 Å². The Bertz CT molecular complexity index is 621. The van der Waals surface area contributed by atoms with Crippen molar-refractivity contribution in [2.24, 2.45) is 0 Å². The lowest BCUT2D eigenvalue weighted by Gasteiger charge is -2.37. The van der Waals surface area contributed by atoms with E-state index < -0.39 is 41.8 Å². The van der Waals surface area contributed by atoms with Gasteiger partial charge >= 0.3 is 6.16 Å². The molecule has 0 amide bonds. The molecule has 3 rings (SSSR count). The summed E-state index contributed by atoms with van der Waals surface area (Å²) in [5, 5.41) is 21.2.